The van der Waals surface area contributed by atoms with Crippen LogP contribution < -0.4 is 0 Å². The van der Waals surface area contributed by atoms with Gasteiger partial charge in [0.05, 0.1) is 6.20 Å². The van der Waals surface area contributed by atoms with Crippen molar-refractivity contribution < 1.29 is 18.0 Å². The van der Waals surface area contributed by atoms with E-state index in [-0.39, 0.29) is 23.6 Å². The molecular formula is C25H22F2N4O2. The summed E-state index contributed by atoms with van der Waals surface area (Å²) >= 11 is 0. The average molecular weight is 448 g/mol. The number of amides is 1. The molecule has 0 saturated carbocycles. The van der Waals surface area contributed by atoms with Crippen LogP contribution in [0.4, 0.5) is 8.78 Å². The SMILES string of the molecule is O=C(c1[nH]ncc1-c1ccc(F)cc1)N1CCCCC1Cc1nc(-c2ccc(F)cc2)co1. The van der Waals surface area contributed by atoms with Crippen molar-refractivity contribution in [1.29, 1.82) is 0 Å². The Kier molecular flexibility index (Phi) is 5.73. The molecule has 1 saturated heterocycles. The first-order valence-corrected chi connectivity index (χ1v) is 10.9. The zero-order valence-corrected chi connectivity index (χ0v) is 17.8. The lowest BCUT2D eigenvalue weighted by atomic mass is 9.97. The van der Waals surface area contributed by atoms with Gasteiger partial charge in [0.2, 0.25) is 0 Å². The van der Waals surface area contributed by atoms with Crippen LogP contribution in [0.25, 0.3) is 22.4 Å². The summed E-state index contributed by atoms with van der Waals surface area (Å²) < 4.78 is 32.2. The van der Waals surface area contributed by atoms with Crippen LogP contribution in [0, 0.1) is 11.6 Å². The highest BCUT2D eigenvalue weighted by molar-refractivity contribution is 5.99. The van der Waals surface area contributed by atoms with Gasteiger partial charge in [-0.15, -0.1) is 0 Å². The lowest BCUT2D eigenvalue weighted by Crippen LogP contribution is -2.45. The molecule has 1 aliphatic rings. The number of oxazole rings is 1. The van der Waals surface area contributed by atoms with E-state index in [1.54, 1.807) is 36.7 Å². The number of carbonyl (C=O) groups excluding carboxylic acids is 1. The van der Waals surface area contributed by atoms with Gasteiger partial charge in [-0.05, 0) is 61.2 Å². The van der Waals surface area contributed by atoms with Crippen molar-refractivity contribution in [2.24, 2.45) is 0 Å². The normalized spacial score (nSPS) is 16.2. The molecule has 1 amide bonds. The van der Waals surface area contributed by atoms with Crippen LogP contribution in [0.15, 0.2) is 65.4 Å². The van der Waals surface area contributed by atoms with E-state index in [9.17, 15) is 13.6 Å². The summed E-state index contributed by atoms with van der Waals surface area (Å²) in [5.41, 5.74) is 3.14. The lowest BCUT2D eigenvalue weighted by molar-refractivity contribution is 0.0600. The maximum Gasteiger partial charge on any atom is 0.272 e. The highest BCUT2D eigenvalue weighted by Crippen LogP contribution is 2.28. The van der Waals surface area contributed by atoms with Crippen molar-refractivity contribution in [3.8, 4) is 22.4 Å². The van der Waals surface area contributed by atoms with Crippen LogP contribution in [-0.4, -0.2) is 38.6 Å². The lowest BCUT2D eigenvalue weighted by Gasteiger charge is -2.35. The van der Waals surface area contributed by atoms with Crippen LogP contribution in [0.2, 0.25) is 0 Å². The summed E-state index contributed by atoms with van der Waals surface area (Å²) in [6, 6.07) is 12.0. The molecule has 1 atom stereocenters. The van der Waals surface area contributed by atoms with Crippen molar-refractivity contribution in [3.05, 3.63) is 84.2 Å². The number of aromatic amines is 1. The molecule has 33 heavy (non-hydrogen) atoms. The van der Waals surface area contributed by atoms with E-state index in [1.807, 2.05) is 4.90 Å². The minimum Gasteiger partial charge on any atom is -0.448 e. The summed E-state index contributed by atoms with van der Waals surface area (Å²) in [6.45, 7) is 0.622. The number of rotatable bonds is 5. The largest absolute Gasteiger partial charge is 0.448 e. The van der Waals surface area contributed by atoms with E-state index in [1.165, 1.54) is 24.3 Å². The fraction of sp³-hybridized carbons (Fsp3) is 0.240. The summed E-state index contributed by atoms with van der Waals surface area (Å²) in [4.78, 5) is 19.9. The zero-order valence-electron chi connectivity index (χ0n) is 17.8. The summed E-state index contributed by atoms with van der Waals surface area (Å²) in [6.07, 6.45) is 6.37. The molecule has 3 heterocycles. The number of hydrogen-bond acceptors (Lipinski definition) is 4. The molecule has 0 aliphatic carbocycles. The standard InChI is InChI=1S/C25H22F2N4O2/c26-18-8-4-16(5-9-18)21-14-28-30-24(21)25(32)31-12-2-1-3-20(31)13-23-29-22(15-33-23)17-6-10-19(27)11-7-17/h4-11,14-15,20H,1-3,12-13H2,(H,28,30). The number of halogens is 2. The average Bonchev–Trinajstić information content (AvgIpc) is 3.50. The Morgan fingerprint density at radius 1 is 1.03 bits per heavy atom. The topological polar surface area (TPSA) is 75.0 Å². The van der Waals surface area contributed by atoms with Gasteiger partial charge in [0.25, 0.3) is 5.91 Å². The Labute approximate surface area is 189 Å². The number of H-pyrrole nitrogens is 1. The molecule has 2 aromatic carbocycles. The number of nitrogens with one attached hydrogen (secondary N) is 1. The van der Waals surface area contributed by atoms with Gasteiger partial charge in [0.1, 0.15) is 29.3 Å². The number of piperidine rings is 1. The Hall–Kier alpha value is -3.81. The number of benzene rings is 2. The van der Waals surface area contributed by atoms with Crippen molar-refractivity contribution >= 4 is 5.91 Å². The minimum absolute atomic E-state index is 0.0738. The third-order valence-corrected chi connectivity index (χ3v) is 6.00. The van der Waals surface area contributed by atoms with Gasteiger partial charge in [-0.3, -0.25) is 9.89 Å². The third kappa shape index (κ3) is 4.41. The molecule has 4 aromatic rings. The van der Waals surface area contributed by atoms with Crippen LogP contribution in [-0.2, 0) is 6.42 Å². The monoisotopic (exact) mass is 448 g/mol. The molecule has 0 radical (unpaired) electrons. The van der Waals surface area contributed by atoms with Crippen molar-refractivity contribution in [3.63, 3.8) is 0 Å². The Morgan fingerprint density at radius 3 is 2.45 bits per heavy atom. The molecule has 1 aliphatic heterocycles. The van der Waals surface area contributed by atoms with Crippen LogP contribution in [0.3, 0.4) is 0 Å². The third-order valence-electron chi connectivity index (χ3n) is 6.00. The first-order chi connectivity index (χ1) is 16.1. The van der Waals surface area contributed by atoms with E-state index in [0.717, 1.165) is 30.4 Å². The summed E-state index contributed by atoms with van der Waals surface area (Å²) in [7, 11) is 0. The predicted octanol–water partition coefficient (Wildman–Crippen LogP) is 5.25. The van der Waals surface area contributed by atoms with Crippen LogP contribution in [0.1, 0.15) is 35.6 Å². The minimum atomic E-state index is -0.336. The molecule has 6 nitrogen and oxygen atoms in total. The predicted molar refractivity (Wildman–Crippen MR) is 118 cm³/mol. The molecule has 2 aromatic heterocycles. The maximum absolute atomic E-state index is 13.5. The van der Waals surface area contributed by atoms with E-state index in [2.05, 4.69) is 15.2 Å². The Morgan fingerprint density at radius 2 is 1.73 bits per heavy atom. The van der Waals surface area contributed by atoms with Gasteiger partial charge in [0.15, 0.2) is 5.89 Å². The molecule has 168 valence electrons. The summed E-state index contributed by atoms with van der Waals surface area (Å²) in [5.74, 6) is -0.265. The van der Waals surface area contributed by atoms with Gasteiger partial charge < -0.3 is 9.32 Å². The first-order valence-electron chi connectivity index (χ1n) is 10.9. The second-order valence-electron chi connectivity index (χ2n) is 8.15. The van der Waals surface area contributed by atoms with E-state index < -0.39 is 0 Å². The quantitative estimate of drug-likeness (QED) is 0.453. The Bertz CT molecular complexity index is 1250. The maximum atomic E-state index is 13.5. The Balaban J connectivity index is 1.36. The highest BCUT2D eigenvalue weighted by Gasteiger charge is 2.31. The van der Waals surface area contributed by atoms with Crippen molar-refractivity contribution in [1.82, 2.24) is 20.1 Å². The van der Waals surface area contributed by atoms with E-state index in [0.29, 0.717) is 35.8 Å². The number of likely N-dealkylation sites (tertiary alicyclic amines) is 1. The highest BCUT2D eigenvalue weighted by atomic mass is 19.1. The smallest absolute Gasteiger partial charge is 0.272 e. The van der Waals surface area contributed by atoms with Crippen LogP contribution in [0.5, 0.6) is 0 Å². The molecule has 1 N–H and O–H groups in total. The first kappa shape index (κ1) is 21.1. The van der Waals surface area contributed by atoms with Crippen molar-refractivity contribution in [2.75, 3.05) is 6.54 Å². The molecule has 1 unspecified atom stereocenters. The number of carbonyl (C=O) groups is 1. The molecule has 1 fully saturated rings. The van der Waals surface area contributed by atoms with Gasteiger partial charge in [-0.25, -0.2) is 13.8 Å². The number of nitrogens with zero attached hydrogens (tertiary/aromatic N) is 3. The van der Waals surface area contributed by atoms with Crippen LogP contribution >= 0.6 is 0 Å². The van der Waals surface area contributed by atoms with Gasteiger partial charge >= 0.3 is 0 Å². The molecule has 8 heteroatoms. The van der Waals surface area contributed by atoms with Gasteiger partial charge in [-0.2, -0.15) is 5.10 Å². The summed E-state index contributed by atoms with van der Waals surface area (Å²) in [5, 5.41) is 6.89. The van der Waals surface area contributed by atoms with Gasteiger partial charge in [0, 0.05) is 30.1 Å². The molecule has 5 rings (SSSR count). The second-order valence-corrected chi connectivity index (χ2v) is 8.15. The fourth-order valence-electron chi connectivity index (χ4n) is 4.28. The van der Waals surface area contributed by atoms with E-state index >= 15 is 0 Å². The molecular weight excluding hydrogens is 426 g/mol. The second kappa shape index (κ2) is 8.97. The van der Waals surface area contributed by atoms with Crippen molar-refractivity contribution in [2.45, 2.75) is 31.7 Å². The zero-order chi connectivity index (χ0) is 22.8. The fourth-order valence-corrected chi connectivity index (χ4v) is 4.28. The molecule has 0 spiro atoms. The van der Waals surface area contributed by atoms with Gasteiger partial charge in [-0.1, -0.05) is 12.1 Å². The number of hydrogen-bond donors (Lipinski definition) is 1. The molecule has 0 bridgehead atoms. The van der Waals surface area contributed by atoms with E-state index in [4.69, 9.17) is 4.42 Å². The number of aromatic nitrogens is 3.